The molecule has 1 aromatic carbocycles. The Hall–Kier alpha value is -1.61. The maximum absolute atomic E-state index is 4.47. The summed E-state index contributed by atoms with van der Waals surface area (Å²) in [7, 11) is 1.96. The average Bonchev–Trinajstić information content (AvgIpc) is 2.84. The zero-order chi connectivity index (χ0) is 13.7. The van der Waals surface area contributed by atoms with Crippen molar-refractivity contribution in [3.8, 4) is 0 Å². The van der Waals surface area contributed by atoms with Gasteiger partial charge >= 0.3 is 0 Å². The van der Waals surface area contributed by atoms with Gasteiger partial charge in [0.05, 0.1) is 5.69 Å². The monoisotopic (exact) mass is 257 g/mol. The lowest BCUT2D eigenvalue weighted by molar-refractivity contribution is 0.539. The van der Waals surface area contributed by atoms with Crippen LogP contribution in [0.2, 0.25) is 0 Å². The van der Waals surface area contributed by atoms with E-state index in [4.69, 9.17) is 0 Å². The maximum Gasteiger partial charge on any atom is 0.0643 e. The highest BCUT2D eigenvalue weighted by molar-refractivity contribution is 5.26. The fourth-order valence-corrected chi connectivity index (χ4v) is 2.32. The quantitative estimate of drug-likeness (QED) is 0.862. The summed E-state index contributed by atoms with van der Waals surface area (Å²) in [5, 5.41) is 8.01. The second-order valence-electron chi connectivity index (χ2n) is 4.89. The van der Waals surface area contributed by atoms with Gasteiger partial charge in [0.15, 0.2) is 0 Å². The molecule has 0 saturated heterocycles. The first kappa shape index (κ1) is 13.8. The van der Waals surface area contributed by atoms with E-state index in [1.807, 2.05) is 17.9 Å². The van der Waals surface area contributed by atoms with Crippen molar-refractivity contribution in [3.63, 3.8) is 0 Å². The molecule has 0 saturated carbocycles. The van der Waals surface area contributed by atoms with E-state index in [2.05, 4.69) is 54.6 Å². The number of aromatic nitrogens is 2. The van der Waals surface area contributed by atoms with Gasteiger partial charge in [-0.2, -0.15) is 5.10 Å². The van der Waals surface area contributed by atoms with Gasteiger partial charge in [0.2, 0.25) is 0 Å². The molecular formula is C16H23N3. The highest BCUT2D eigenvalue weighted by Crippen LogP contribution is 2.18. The van der Waals surface area contributed by atoms with Crippen LogP contribution in [0.3, 0.4) is 0 Å². The molecule has 0 aliphatic heterocycles. The van der Waals surface area contributed by atoms with E-state index in [1.165, 1.54) is 11.1 Å². The number of hydrogen-bond acceptors (Lipinski definition) is 2. The largest absolute Gasteiger partial charge is 0.310 e. The predicted octanol–water partition coefficient (Wildman–Crippen LogP) is 2.88. The molecule has 1 unspecified atom stereocenters. The third-order valence-corrected chi connectivity index (χ3v) is 3.42. The van der Waals surface area contributed by atoms with Crippen LogP contribution in [-0.4, -0.2) is 16.3 Å². The molecule has 0 radical (unpaired) electrons. The number of hydrogen-bond donors (Lipinski definition) is 1. The molecule has 1 atom stereocenters. The van der Waals surface area contributed by atoms with E-state index in [1.54, 1.807) is 0 Å². The minimum atomic E-state index is 0.339. The first-order chi connectivity index (χ1) is 9.22. The van der Waals surface area contributed by atoms with Gasteiger partial charge in [-0.15, -0.1) is 0 Å². The van der Waals surface area contributed by atoms with Crippen molar-refractivity contribution in [1.29, 1.82) is 0 Å². The van der Waals surface area contributed by atoms with Gasteiger partial charge in [-0.1, -0.05) is 38.1 Å². The average molecular weight is 257 g/mol. The lowest BCUT2D eigenvalue weighted by atomic mass is 10.00. The second-order valence-corrected chi connectivity index (χ2v) is 4.89. The van der Waals surface area contributed by atoms with Gasteiger partial charge in [-0.25, -0.2) is 0 Å². The number of nitrogens with one attached hydrogen (secondary N) is 1. The van der Waals surface area contributed by atoms with Crippen molar-refractivity contribution in [1.82, 2.24) is 15.1 Å². The molecule has 102 valence electrons. The Labute approximate surface area is 115 Å². The summed E-state index contributed by atoms with van der Waals surface area (Å²) >= 11 is 0. The Morgan fingerprint density at radius 2 is 1.89 bits per heavy atom. The smallest absolute Gasteiger partial charge is 0.0643 e. The second kappa shape index (κ2) is 6.53. The number of benzene rings is 1. The zero-order valence-corrected chi connectivity index (χ0v) is 12.1. The van der Waals surface area contributed by atoms with Crippen LogP contribution in [0.15, 0.2) is 36.5 Å². The number of likely N-dealkylation sites (N-methyl/N-ethyl adjacent to an activating group) is 1. The Bertz CT molecular complexity index is 499. The Balaban J connectivity index is 2.13. The molecule has 3 heteroatoms. The van der Waals surface area contributed by atoms with Crippen molar-refractivity contribution in [2.24, 2.45) is 7.05 Å². The van der Waals surface area contributed by atoms with E-state index in [0.717, 1.165) is 25.1 Å². The SMILES string of the molecule is CCNC(Cc1ccn(C)n1)c1ccc(CC)cc1. The minimum Gasteiger partial charge on any atom is -0.310 e. The van der Waals surface area contributed by atoms with Gasteiger partial charge in [0.1, 0.15) is 0 Å². The maximum atomic E-state index is 4.47. The molecule has 0 spiro atoms. The van der Waals surface area contributed by atoms with Gasteiger partial charge in [-0.05, 0) is 30.2 Å². The molecule has 0 amide bonds. The van der Waals surface area contributed by atoms with Crippen LogP contribution >= 0.6 is 0 Å². The lowest BCUT2D eigenvalue weighted by Crippen LogP contribution is -2.23. The molecule has 2 aromatic rings. The molecule has 1 aromatic heterocycles. The summed E-state index contributed by atoms with van der Waals surface area (Å²) in [6.45, 7) is 5.30. The summed E-state index contributed by atoms with van der Waals surface area (Å²) in [5.74, 6) is 0. The van der Waals surface area contributed by atoms with Crippen molar-refractivity contribution in [2.75, 3.05) is 6.54 Å². The first-order valence-corrected chi connectivity index (χ1v) is 7.03. The zero-order valence-electron chi connectivity index (χ0n) is 12.1. The van der Waals surface area contributed by atoms with Crippen LogP contribution in [0.4, 0.5) is 0 Å². The van der Waals surface area contributed by atoms with Crippen molar-refractivity contribution in [3.05, 3.63) is 53.3 Å². The molecule has 0 bridgehead atoms. The highest BCUT2D eigenvalue weighted by atomic mass is 15.2. The van der Waals surface area contributed by atoms with E-state index in [-0.39, 0.29) is 0 Å². The number of nitrogens with zero attached hydrogens (tertiary/aromatic N) is 2. The van der Waals surface area contributed by atoms with Gasteiger partial charge in [0, 0.05) is 25.7 Å². The summed E-state index contributed by atoms with van der Waals surface area (Å²) < 4.78 is 1.86. The molecule has 0 aliphatic rings. The Morgan fingerprint density at radius 1 is 1.16 bits per heavy atom. The Kier molecular flexibility index (Phi) is 4.74. The van der Waals surface area contributed by atoms with E-state index < -0.39 is 0 Å². The summed E-state index contributed by atoms with van der Waals surface area (Å²) in [6.07, 6.45) is 4.02. The number of rotatable bonds is 6. The van der Waals surface area contributed by atoms with Crippen LogP contribution in [0.25, 0.3) is 0 Å². The molecule has 0 aliphatic carbocycles. The summed E-state index contributed by atoms with van der Waals surface area (Å²) in [4.78, 5) is 0. The van der Waals surface area contributed by atoms with Crippen LogP contribution in [0.1, 0.15) is 36.7 Å². The van der Waals surface area contributed by atoms with Crippen LogP contribution in [0, 0.1) is 0 Å². The molecular weight excluding hydrogens is 234 g/mol. The topological polar surface area (TPSA) is 29.9 Å². The van der Waals surface area contributed by atoms with Gasteiger partial charge < -0.3 is 5.32 Å². The van der Waals surface area contributed by atoms with Crippen molar-refractivity contribution < 1.29 is 0 Å². The van der Waals surface area contributed by atoms with E-state index >= 15 is 0 Å². The van der Waals surface area contributed by atoms with Crippen LogP contribution in [0.5, 0.6) is 0 Å². The third-order valence-electron chi connectivity index (χ3n) is 3.42. The van der Waals surface area contributed by atoms with Crippen molar-refractivity contribution in [2.45, 2.75) is 32.7 Å². The summed E-state index contributed by atoms with van der Waals surface area (Å²) in [5.41, 5.74) is 3.86. The van der Waals surface area contributed by atoms with Crippen LogP contribution < -0.4 is 5.32 Å². The number of aryl methyl sites for hydroxylation is 2. The minimum absolute atomic E-state index is 0.339. The van der Waals surface area contributed by atoms with Crippen LogP contribution in [-0.2, 0) is 19.9 Å². The lowest BCUT2D eigenvalue weighted by Gasteiger charge is -2.17. The fourth-order valence-electron chi connectivity index (χ4n) is 2.32. The van der Waals surface area contributed by atoms with Gasteiger partial charge in [0.25, 0.3) is 0 Å². The van der Waals surface area contributed by atoms with Gasteiger partial charge in [-0.3, -0.25) is 4.68 Å². The molecule has 1 N–H and O–H groups in total. The highest BCUT2D eigenvalue weighted by Gasteiger charge is 2.12. The Morgan fingerprint density at radius 3 is 2.42 bits per heavy atom. The molecule has 1 heterocycles. The molecule has 2 rings (SSSR count). The first-order valence-electron chi connectivity index (χ1n) is 7.03. The third kappa shape index (κ3) is 3.67. The molecule has 3 nitrogen and oxygen atoms in total. The van der Waals surface area contributed by atoms with E-state index in [0.29, 0.717) is 6.04 Å². The van der Waals surface area contributed by atoms with E-state index in [9.17, 15) is 0 Å². The van der Waals surface area contributed by atoms with Crippen molar-refractivity contribution >= 4 is 0 Å². The predicted molar refractivity (Wildman–Crippen MR) is 79.1 cm³/mol. The summed E-state index contributed by atoms with van der Waals surface area (Å²) in [6, 6.07) is 11.3. The molecule has 19 heavy (non-hydrogen) atoms. The fraction of sp³-hybridized carbons (Fsp3) is 0.438. The standard InChI is InChI=1S/C16H23N3/c1-4-13-6-8-14(9-7-13)16(17-5-2)12-15-10-11-19(3)18-15/h6-11,16-17H,4-5,12H2,1-3H3. The molecule has 0 fully saturated rings. The normalized spacial score (nSPS) is 12.6.